The molecule has 3 aromatic rings. The van der Waals surface area contributed by atoms with E-state index in [1.165, 1.54) is 34.7 Å². The molecule has 1 aliphatic heterocycles. The quantitative estimate of drug-likeness (QED) is 0.634. The van der Waals surface area contributed by atoms with Gasteiger partial charge < -0.3 is 4.90 Å². The Hall–Kier alpha value is -2.08. The molecule has 2 aromatic heterocycles. The van der Waals surface area contributed by atoms with Crippen LogP contribution in [0.3, 0.4) is 0 Å². The molecule has 0 bridgehead atoms. The summed E-state index contributed by atoms with van der Waals surface area (Å²) in [4.78, 5) is 14.8. The van der Waals surface area contributed by atoms with Crippen LogP contribution in [0.1, 0.15) is 42.9 Å². The minimum atomic E-state index is 0.203. The van der Waals surface area contributed by atoms with Gasteiger partial charge >= 0.3 is 0 Å². The molecular weight excluding hydrogens is 356 g/mol. The summed E-state index contributed by atoms with van der Waals surface area (Å²) < 4.78 is 2.13. The van der Waals surface area contributed by atoms with E-state index >= 15 is 0 Å². The minimum absolute atomic E-state index is 0.203. The van der Waals surface area contributed by atoms with Crippen molar-refractivity contribution in [1.82, 2.24) is 19.5 Å². The number of rotatable bonds is 3. The third kappa shape index (κ3) is 3.20. The number of nitrogens with zero attached hydrogens (tertiary/aromatic N) is 4. The number of aryl methyl sites for hydroxylation is 3. The van der Waals surface area contributed by atoms with Crippen molar-refractivity contribution < 1.29 is 4.79 Å². The van der Waals surface area contributed by atoms with Gasteiger partial charge in [-0.05, 0) is 69.7 Å². The maximum Gasteiger partial charge on any atom is 0.233 e. The van der Waals surface area contributed by atoms with Crippen LogP contribution in [-0.4, -0.2) is 43.7 Å². The number of hydrogen-bond donors (Lipinski definition) is 0. The number of amides is 1. The Bertz CT molecular complexity index is 1030. The minimum Gasteiger partial charge on any atom is -0.339 e. The second-order valence-corrected chi connectivity index (χ2v) is 8.59. The van der Waals surface area contributed by atoms with Gasteiger partial charge in [0.2, 0.25) is 5.91 Å². The first-order valence-corrected chi connectivity index (χ1v) is 10.6. The molecule has 4 rings (SSSR count). The van der Waals surface area contributed by atoms with Gasteiger partial charge in [0.25, 0.3) is 0 Å². The standard InChI is InChI=1S/C21H26N4OS/c1-13-8-9-14(2)19-17(13)11-15(3)20-22-23-21(25(19)20)27-12-18(26)24-10-6-5-7-16(24)4/h8-9,11,16H,5-7,10,12H2,1-4H3. The van der Waals surface area contributed by atoms with E-state index in [1.807, 2.05) is 4.90 Å². The Labute approximate surface area is 164 Å². The lowest BCUT2D eigenvalue weighted by Gasteiger charge is -2.33. The second kappa shape index (κ2) is 7.15. The zero-order chi connectivity index (χ0) is 19.1. The molecule has 5 nitrogen and oxygen atoms in total. The summed E-state index contributed by atoms with van der Waals surface area (Å²) in [5.74, 6) is 0.611. The fourth-order valence-corrected chi connectivity index (χ4v) is 4.90. The zero-order valence-corrected chi connectivity index (χ0v) is 17.3. The Balaban J connectivity index is 1.70. The van der Waals surface area contributed by atoms with Gasteiger partial charge in [0.05, 0.1) is 11.3 Å². The molecule has 1 fully saturated rings. The molecule has 3 heterocycles. The number of carbonyl (C=O) groups excluding carboxylic acids is 1. The van der Waals surface area contributed by atoms with Crippen molar-refractivity contribution >= 4 is 34.2 Å². The number of hydrogen-bond acceptors (Lipinski definition) is 4. The van der Waals surface area contributed by atoms with Crippen molar-refractivity contribution in [1.29, 1.82) is 0 Å². The summed E-state index contributed by atoms with van der Waals surface area (Å²) in [5.41, 5.74) is 5.55. The van der Waals surface area contributed by atoms with Crippen molar-refractivity contribution in [2.24, 2.45) is 0 Å². The van der Waals surface area contributed by atoms with Crippen LogP contribution in [0.5, 0.6) is 0 Å². The van der Waals surface area contributed by atoms with Crippen LogP contribution in [0.4, 0.5) is 0 Å². The van der Waals surface area contributed by atoms with E-state index in [1.54, 1.807) is 0 Å². The highest BCUT2D eigenvalue weighted by molar-refractivity contribution is 7.99. The number of fused-ring (bicyclic) bond motifs is 3. The predicted octanol–water partition coefficient (Wildman–Crippen LogP) is 4.30. The van der Waals surface area contributed by atoms with E-state index in [9.17, 15) is 4.79 Å². The van der Waals surface area contributed by atoms with Crippen LogP contribution < -0.4 is 0 Å². The van der Waals surface area contributed by atoms with Crippen LogP contribution in [0.25, 0.3) is 16.6 Å². The van der Waals surface area contributed by atoms with E-state index in [-0.39, 0.29) is 5.91 Å². The fourth-order valence-electron chi connectivity index (χ4n) is 4.08. The van der Waals surface area contributed by atoms with Crippen molar-refractivity contribution in [2.45, 2.75) is 58.2 Å². The van der Waals surface area contributed by atoms with Gasteiger partial charge in [-0.15, -0.1) is 10.2 Å². The number of piperidine rings is 1. The summed E-state index contributed by atoms with van der Waals surface area (Å²) in [6, 6.07) is 6.83. The lowest BCUT2D eigenvalue weighted by atomic mass is 10.0. The van der Waals surface area contributed by atoms with E-state index in [0.29, 0.717) is 11.8 Å². The van der Waals surface area contributed by atoms with Gasteiger partial charge in [0.15, 0.2) is 10.8 Å². The summed E-state index contributed by atoms with van der Waals surface area (Å²) in [6.07, 6.45) is 3.43. The highest BCUT2D eigenvalue weighted by atomic mass is 32.2. The molecule has 1 amide bonds. The Morgan fingerprint density at radius 1 is 1.15 bits per heavy atom. The summed E-state index contributed by atoms with van der Waals surface area (Å²) in [5, 5.41) is 10.8. The SMILES string of the molecule is Cc1ccc(C)c2c1cc(C)c1nnc(SCC(=O)N3CCCCC3C)n12. The summed E-state index contributed by atoms with van der Waals surface area (Å²) >= 11 is 1.50. The molecule has 27 heavy (non-hydrogen) atoms. The lowest BCUT2D eigenvalue weighted by Crippen LogP contribution is -2.42. The third-order valence-corrected chi connectivity index (χ3v) is 6.57. The lowest BCUT2D eigenvalue weighted by molar-refractivity contribution is -0.131. The Morgan fingerprint density at radius 2 is 1.93 bits per heavy atom. The molecule has 6 heteroatoms. The molecule has 0 saturated carbocycles. The van der Waals surface area contributed by atoms with Crippen LogP contribution in [0.15, 0.2) is 23.4 Å². The fraction of sp³-hybridized carbons (Fsp3) is 0.476. The average molecular weight is 383 g/mol. The Morgan fingerprint density at radius 3 is 2.70 bits per heavy atom. The van der Waals surface area contributed by atoms with Crippen molar-refractivity contribution in [3.05, 3.63) is 34.9 Å². The highest BCUT2D eigenvalue weighted by Gasteiger charge is 2.24. The van der Waals surface area contributed by atoms with Crippen molar-refractivity contribution in [2.75, 3.05) is 12.3 Å². The molecule has 142 valence electrons. The monoisotopic (exact) mass is 382 g/mol. The number of pyridine rings is 1. The number of carbonyl (C=O) groups is 1. The smallest absolute Gasteiger partial charge is 0.233 e. The average Bonchev–Trinajstić information content (AvgIpc) is 3.08. The van der Waals surface area contributed by atoms with Gasteiger partial charge in [0, 0.05) is 18.0 Å². The molecule has 1 saturated heterocycles. The van der Waals surface area contributed by atoms with Gasteiger partial charge in [-0.2, -0.15) is 0 Å². The highest BCUT2D eigenvalue weighted by Crippen LogP contribution is 2.30. The van der Waals surface area contributed by atoms with Crippen LogP contribution in [0, 0.1) is 20.8 Å². The van der Waals surface area contributed by atoms with Gasteiger partial charge in [-0.3, -0.25) is 9.20 Å². The number of thioether (sulfide) groups is 1. The largest absolute Gasteiger partial charge is 0.339 e. The van der Waals surface area contributed by atoms with Crippen LogP contribution in [0.2, 0.25) is 0 Å². The molecule has 1 atom stereocenters. The van der Waals surface area contributed by atoms with E-state index in [4.69, 9.17) is 0 Å². The molecule has 1 aromatic carbocycles. The van der Waals surface area contributed by atoms with E-state index in [2.05, 4.69) is 60.5 Å². The van der Waals surface area contributed by atoms with Gasteiger partial charge in [-0.25, -0.2) is 0 Å². The number of likely N-dealkylation sites (tertiary alicyclic amines) is 1. The topological polar surface area (TPSA) is 50.5 Å². The normalized spacial score (nSPS) is 17.8. The third-order valence-electron chi connectivity index (χ3n) is 5.66. The van der Waals surface area contributed by atoms with E-state index in [0.717, 1.165) is 41.3 Å². The van der Waals surface area contributed by atoms with Gasteiger partial charge in [0.1, 0.15) is 0 Å². The predicted molar refractivity (Wildman–Crippen MR) is 110 cm³/mol. The van der Waals surface area contributed by atoms with Crippen molar-refractivity contribution in [3.8, 4) is 0 Å². The molecule has 0 aliphatic carbocycles. The molecule has 1 unspecified atom stereocenters. The molecule has 0 N–H and O–H groups in total. The Kier molecular flexibility index (Phi) is 4.84. The second-order valence-electron chi connectivity index (χ2n) is 7.65. The first-order chi connectivity index (χ1) is 13.0. The maximum atomic E-state index is 12.7. The zero-order valence-electron chi connectivity index (χ0n) is 16.5. The van der Waals surface area contributed by atoms with E-state index < -0.39 is 0 Å². The van der Waals surface area contributed by atoms with Crippen LogP contribution in [-0.2, 0) is 4.79 Å². The first kappa shape index (κ1) is 18.3. The van der Waals surface area contributed by atoms with Crippen LogP contribution >= 0.6 is 11.8 Å². The first-order valence-electron chi connectivity index (χ1n) is 9.64. The maximum absolute atomic E-state index is 12.7. The number of aromatic nitrogens is 3. The molecular formula is C21H26N4OS. The summed E-state index contributed by atoms with van der Waals surface area (Å²) in [6.45, 7) is 9.34. The molecule has 0 radical (unpaired) electrons. The van der Waals surface area contributed by atoms with Crippen molar-refractivity contribution in [3.63, 3.8) is 0 Å². The molecule has 0 spiro atoms. The molecule has 1 aliphatic rings. The van der Waals surface area contributed by atoms with Gasteiger partial charge in [-0.1, -0.05) is 23.9 Å². The number of benzene rings is 1. The summed E-state index contributed by atoms with van der Waals surface area (Å²) in [7, 11) is 0.